The van der Waals surface area contributed by atoms with Crippen LogP contribution in [-0.4, -0.2) is 6.61 Å². The average Bonchev–Trinajstić information content (AvgIpc) is 2.47. The van der Waals surface area contributed by atoms with Crippen LogP contribution in [0.5, 0.6) is 0 Å². The van der Waals surface area contributed by atoms with Crippen LogP contribution >= 0.6 is 0 Å². The first-order valence-corrected chi connectivity index (χ1v) is 8.18. The van der Waals surface area contributed by atoms with Gasteiger partial charge in [0.15, 0.2) is 0 Å². The summed E-state index contributed by atoms with van der Waals surface area (Å²) in [6.07, 6.45) is 25.6. The minimum atomic E-state index is 0.699. The van der Waals surface area contributed by atoms with E-state index in [4.69, 9.17) is 7.11 Å². The van der Waals surface area contributed by atoms with Crippen molar-refractivity contribution >= 4 is 0 Å². The summed E-state index contributed by atoms with van der Waals surface area (Å²) < 4.78 is 4.54. The maximum atomic E-state index is 4.97. The van der Waals surface area contributed by atoms with Crippen molar-refractivity contribution in [2.24, 2.45) is 0 Å². The maximum Gasteiger partial charge on any atom is 0.115 e. The van der Waals surface area contributed by atoms with Crippen molar-refractivity contribution in [3.8, 4) is 0 Å². The van der Waals surface area contributed by atoms with Gasteiger partial charge in [0.1, 0.15) is 7.11 Å². The Morgan fingerprint density at radius 2 is 1.25 bits per heavy atom. The van der Waals surface area contributed by atoms with Crippen LogP contribution in [0, 0.1) is 7.11 Å². The summed E-state index contributed by atoms with van der Waals surface area (Å²) in [6.45, 7) is 2.86. The van der Waals surface area contributed by atoms with Crippen LogP contribution in [0.2, 0.25) is 0 Å². The quantitative estimate of drug-likeness (QED) is 0.269. The summed E-state index contributed by atoms with van der Waals surface area (Å²) in [5, 5.41) is 0. The number of allylic oxidation sites excluding steroid dienone is 6. The maximum absolute atomic E-state index is 4.97. The molecule has 0 spiro atoms. The predicted molar refractivity (Wildman–Crippen MR) is 89.5 cm³/mol. The summed E-state index contributed by atoms with van der Waals surface area (Å²) in [4.78, 5) is 0. The van der Waals surface area contributed by atoms with Crippen LogP contribution in [0.1, 0.15) is 71.1 Å². The van der Waals surface area contributed by atoms with Crippen LogP contribution in [0.4, 0.5) is 0 Å². The Hall–Kier alpha value is -0.820. The highest BCUT2D eigenvalue weighted by atomic mass is 16.5. The van der Waals surface area contributed by atoms with E-state index in [0.29, 0.717) is 6.61 Å². The lowest BCUT2D eigenvalue weighted by Crippen LogP contribution is -1.86. The van der Waals surface area contributed by atoms with Crippen molar-refractivity contribution in [3.63, 3.8) is 0 Å². The normalized spacial score (nSPS) is 12.3. The number of hydrogen-bond donors (Lipinski definition) is 0. The number of unbranched alkanes of at least 4 members (excludes halogenated alkanes) is 6. The van der Waals surface area contributed by atoms with Gasteiger partial charge in [-0.15, -0.1) is 0 Å². The molecule has 0 heterocycles. The van der Waals surface area contributed by atoms with E-state index in [2.05, 4.69) is 48.1 Å². The van der Waals surface area contributed by atoms with Crippen molar-refractivity contribution in [2.45, 2.75) is 71.1 Å². The second kappa shape index (κ2) is 18.2. The van der Waals surface area contributed by atoms with Crippen LogP contribution in [-0.2, 0) is 4.74 Å². The fourth-order valence-corrected chi connectivity index (χ4v) is 1.98. The third-order valence-electron chi connectivity index (χ3n) is 3.16. The van der Waals surface area contributed by atoms with Crippen LogP contribution < -0.4 is 0 Å². The van der Waals surface area contributed by atoms with Gasteiger partial charge in [-0.25, -0.2) is 0 Å². The van der Waals surface area contributed by atoms with Crippen LogP contribution in [0.25, 0.3) is 0 Å². The summed E-state index contributed by atoms with van der Waals surface area (Å²) in [7, 11) is 4.97. The fourth-order valence-electron chi connectivity index (χ4n) is 1.98. The lowest BCUT2D eigenvalue weighted by atomic mass is 10.1. The van der Waals surface area contributed by atoms with Crippen LogP contribution in [0.15, 0.2) is 36.5 Å². The number of ether oxygens (including phenoxy) is 1. The van der Waals surface area contributed by atoms with Gasteiger partial charge in [-0.2, -0.15) is 0 Å². The molecule has 0 fully saturated rings. The van der Waals surface area contributed by atoms with Crippen LogP contribution in [0.3, 0.4) is 0 Å². The van der Waals surface area contributed by atoms with Crippen molar-refractivity contribution in [3.05, 3.63) is 43.6 Å². The summed E-state index contributed by atoms with van der Waals surface area (Å²) in [5.41, 5.74) is 0. The molecule has 0 aromatic heterocycles. The molecule has 0 aliphatic rings. The minimum absolute atomic E-state index is 0.699. The molecule has 114 valence electrons. The Balaban J connectivity index is 3.17. The topological polar surface area (TPSA) is 9.23 Å². The van der Waals surface area contributed by atoms with Gasteiger partial charge in [-0.1, -0.05) is 69.1 Å². The largest absolute Gasteiger partial charge is 0.373 e. The zero-order valence-electron chi connectivity index (χ0n) is 13.2. The van der Waals surface area contributed by atoms with Gasteiger partial charge in [-0.3, -0.25) is 0 Å². The molecule has 20 heavy (non-hydrogen) atoms. The molecule has 0 aromatic carbocycles. The van der Waals surface area contributed by atoms with E-state index in [9.17, 15) is 0 Å². The number of hydrogen-bond acceptors (Lipinski definition) is 1. The zero-order valence-corrected chi connectivity index (χ0v) is 13.2. The molecule has 0 saturated carbocycles. The van der Waals surface area contributed by atoms with Gasteiger partial charge in [0.25, 0.3) is 0 Å². The minimum Gasteiger partial charge on any atom is -0.373 e. The van der Waals surface area contributed by atoms with E-state index in [1.165, 1.54) is 38.5 Å². The van der Waals surface area contributed by atoms with Gasteiger partial charge < -0.3 is 4.74 Å². The molecule has 0 unspecified atom stereocenters. The standard InChI is InChI=1S/C19H32O/c1-3-4-5-6-7-8-9-10-11-12-13-14-15-16-17-18-19-20-2/h2,4-5,7-8,10-11H,3,6,9,12-19H2,1H3/b5-4-,8-7-,11-10-. The van der Waals surface area contributed by atoms with Gasteiger partial charge >= 0.3 is 0 Å². The second-order valence-electron chi connectivity index (χ2n) is 5.07. The first-order valence-electron chi connectivity index (χ1n) is 8.18. The Morgan fingerprint density at radius 3 is 1.90 bits per heavy atom. The smallest absolute Gasteiger partial charge is 0.115 e. The average molecular weight is 276 g/mol. The Kier molecular flexibility index (Phi) is 17.4. The zero-order chi connectivity index (χ0) is 14.7. The van der Waals surface area contributed by atoms with E-state index >= 15 is 0 Å². The second-order valence-corrected chi connectivity index (χ2v) is 5.07. The molecule has 0 amide bonds. The molecular formula is C19H32O. The molecule has 0 bridgehead atoms. The van der Waals surface area contributed by atoms with Gasteiger partial charge in [-0.05, 0) is 38.5 Å². The van der Waals surface area contributed by atoms with Gasteiger partial charge in [0, 0.05) is 6.61 Å². The van der Waals surface area contributed by atoms with E-state index in [-0.39, 0.29) is 0 Å². The Morgan fingerprint density at radius 1 is 0.700 bits per heavy atom. The lowest BCUT2D eigenvalue weighted by molar-refractivity contribution is 0.233. The summed E-state index contributed by atoms with van der Waals surface area (Å²) in [6, 6.07) is 0. The SMILES string of the molecule is [CH]OCCCCCCCC/C=C\C/C=C\C/C=C\CC. The first kappa shape index (κ1) is 19.2. The third kappa shape index (κ3) is 17.2. The molecule has 0 aliphatic carbocycles. The molecule has 0 aromatic rings. The predicted octanol–water partition coefficient (Wildman–Crippen LogP) is 6.26. The highest BCUT2D eigenvalue weighted by molar-refractivity contribution is 4.96. The highest BCUT2D eigenvalue weighted by Crippen LogP contribution is 2.07. The molecule has 0 rings (SSSR count). The molecular weight excluding hydrogens is 244 g/mol. The van der Waals surface area contributed by atoms with E-state index < -0.39 is 0 Å². The Bertz CT molecular complexity index is 250. The molecule has 0 N–H and O–H groups in total. The monoisotopic (exact) mass is 276 g/mol. The third-order valence-corrected chi connectivity index (χ3v) is 3.16. The summed E-state index contributed by atoms with van der Waals surface area (Å²) in [5.74, 6) is 0. The summed E-state index contributed by atoms with van der Waals surface area (Å²) >= 11 is 0. The lowest BCUT2D eigenvalue weighted by Gasteiger charge is -1.99. The van der Waals surface area contributed by atoms with Crippen molar-refractivity contribution in [1.29, 1.82) is 0 Å². The highest BCUT2D eigenvalue weighted by Gasteiger charge is 1.90. The number of rotatable bonds is 14. The van der Waals surface area contributed by atoms with Crippen molar-refractivity contribution in [2.75, 3.05) is 6.61 Å². The molecule has 0 saturated heterocycles. The molecule has 0 atom stereocenters. The fraction of sp³-hybridized carbons (Fsp3) is 0.632. The first-order chi connectivity index (χ1) is 9.91. The Labute approximate surface area is 126 Å². The molecule has 1 heteroatoms. The van der Waals surface area contributed by atoms with Crippen molar-refractivity contribution < 1.29 is 4.74 Å². The van der Waals surface area contributed by atoms with Crippen molar-refractivity contribution in [1.82, 2.24) is 0 Å². The van der Waals surface area contributed by atoms with Gasteiger partial charge in [0.05, 0.1) is 0 Å². The van der Waals surface area contributed by atoms with E-state index in [1.54, 1.807) is 0 Å². The van der Waals surface area contributed by atoms with E-state index in [0.717, 1.165) is 25.7 Å². The molecule has 2 radical (unpaired) electrons. The van der Waals surface area contributed by atoms with Gasteiger partial charge in [0.2, 0.25) is 0 Å². The molecule has 1 nitrogen and oxygen atoms in total. The molecule has 0 aliphatic heterocycles. The van der Waals surface area contributed by atoms with E-state index in [1.807, 2.05) is 0 Å².